The van der Waals surface area contributed by atoms with Crippen molar-refractivity contribution in [1.82, 2.24) is 9.97 Å². The van der Waals surface area contributed by atoms with E-state index >= 15 is 0 Å². The van der Waals surface area contributed by atoms with Crippen molar-refractivity contribution in [3.63, 3.8) is 0 Å². The van der Waals surface area contributed by atoms with Crippen molar-refractivity contribution in [2.75, 3.05) is 19.2 Å². The number of ether oxygens (including phenoxy) is 3. The number of benzene rings is 1. The smallest absolute Gasteiger partial charge is 0.318 e. The number of hydrogen-bond acceptors (Lipinski definition) is 6. The second kappa shape index (κ2) is 5.42. The Bertz CT molecular complexity index is 636. The lowest BCUT2D eigenvalue weighted by Gasteiger charge is -2.08. The van der Waals surface area contributed by atoms with Crippen LogP contribution in [0, 0.1) is 0 Å². The Morgan fingerprint density at radius 1 is 1.35 bits per heavy atom. The predicted molar refractivity (Wildman–Crippen MR) is 73.5 cm³/mol. The van der Waals surface area contributed by atoms with Gasteiger partial charge in [0.2, 0.25) is 6.79 Å². The van der Waals surface area contributed by atoms with Gasteiger partial charge in [-0.25, -0.2) is 4.98 Å². The number of methoxy groups -OCH3 is 1. The van der Waals surface area contributed by atoms with Gasteiger partial charge in [0.15, 0.2) is 17.3 Å². The summed E-state index contributed by atoms with van der Waals surface area (Å²) in [5.74, 6) is 2.03. The lowest BCUT2D eigenvalue weighted by molar-refractivity contribution is 0.174. The molecule has 0 radical (unpaired) electrons. The van der Waals surface area contributed by atoms with Gasteiger partial charge >= 0.3 is 6.01 Å². The zero-order valence-corrected chi connectivity index (χ0v) is 11.5. The van der Waals surface area contributed by atoms with Crippen LogP contribution in [0.1, 0.15) is 5.56 Å². The molecule has 6 nitrogen and oxygen atoms in total. The minimum absolute atomic E-state index is 0.265. The molecule has 0 bridgehead atoms. The molecule has 1 aliphatic heterocycles. The highest BCUT2D eigenvalue weighted by molar-refractivity contribution is 6.32. The SMILES string of the molecule is COc1ncc(Cl)c(NCc2ccc3c(c2)OCO3)n1. The fourth-order valence-corrected chi connectivity index (χ4v) is 1.97. The summed E-state index contributed by atoms with van der Waals surface area (Å²) in [5, 5.41) is 3.57. The van der Waals surface area contributed by atoms with Crippen LogP contribution < -0.4 is 19.5 Å². The molecule has 1 N–H and O–H groups in total. The Balaban J connectivity index is 1.73. The summed E-state index contributed by atoms with van der Waals surface area (Å²) in [6.07, 6.45) is 1.50. The first kappa shape index (κ1) is 12.8. The molecule has 20 heavy (non-hydrogen) atoms. The van der Waals surface area contributed by atoms with E-state index in [1.807, 2.05) is 18.2 Å². The van der Waals surface area contributed by atoms with Crippen LogP contribution in [0.2, 0.25) is 5.02 Å². The average molecular weight is 294 g/mol. The number of fused-ring (bicyclic) bond motifs is 1. The minimum Gasteiger partial charge on any atom is -0.467 e. The highest BCUT2D eigenvalue weighted by Crippen LogP contribution is 2.32. The highest BCUT2D eigenvalue weighted by atomic mass is 35.5. The summed E-state index contributed by atoms with van der Waals surface area (Å²) in [6.45, 7) is 0.817. The van der Waals surface area contributed by atoms with E-state index in [0.717, 1.165) is 17.1 Å². The van der Waals surface area contributed by atoms with Gasteiger partial charge < -0.3 is 19.5 Å². The Kier molecular flexibility index (Phi) is 3.47. The summed E-state index contributed by atoms with van der Waals surface area (Å²) < 4.78 is 15.6. The Labute approximate surface area is 120 Å². The summed E-state index contributed by atoms with van der Waals surface area (Å²) >= 11 is 6.03. The number of nitrogens with zero attached hydrogens (tertiary/aromatic N) is 2. The van der Waals surface area contributed by atoms with Gasteiger partial charge in [0, 0.05) is 6.54 Å². The van der Waals surface area contributed by atoms with Crippen LogP contribution in [0.3, 0.4) is 0 Å². The van der Waals surface area contributed by atoms with E-state index in [1.165, 1.54) is 13.3 Å². The first-order valence-corrected chi connectivity index (χ1v) is 6.33. The van der Waals surface area contributed by atoms with Gasteiger partial charge in [0.25, 0.3) is 0 Å². The lowest BCUT2D eigenvalue weighted by Crippen LogP contribution is -2.04. The molecule has 0 atom stereocenters. The van der Waals surface area contributed by atoms with E-state index in [1.54, 1.807) is 0 Å². The molecule has 1 aromatic carbocycles. The van der Waals surface area contributed by atoms with Crippen LogP contribution in [0.15, 0.2) is 24.4 Å². The van der Waals surface area contributed by atoms with Crippen molar-refractivity contribution < 1.29 is 14.2 Å². The summed E-state index contributed by atoms with van der Waals surface area (Å²) in [5.41, 5.74) is 1.03. The third kappa shape index (κ3) is 2.55. The maximum absolute atomic E-state index is 6.03. The summed E-state index contributed by atoms with van der Waals surface area (Å²) in [7, 11) is 1.50. The molecule has 0 fully saturated rings. The molecular formula is C13H12ClN3O3. The Morgan fingerprint density at radius 2 is 2.20 bits per heavy atom. The average Bonchev–Trinajstić information content (AvgIpc) is 2.94. The molecule has 2 heterocycles. The van der Waals surface area contributed by atoms with Gasteiger partial charge in [0.05, 0.1) is 13.3 Å². The molecule has 0 saturated heterocycles. The monoisotopic (exact) mass is 293 g/mol. The summed E-state index contributed by atoms with van der Waals surface area (Å²) in [6, 6.07) is 6.01. The third-order valence-corrected chi connectivity index (χ3v) is 3.08. The fourth-order valence-electron chi connectivity index (χ4n) is 1.81. The molecule has 3 rings (SSSR count). The van der Waals surface area contributed by atoms with Gasteiger partial charge in [-0.15, -0.1) is 0 Å². The van der Waals surface area contributed by atoms with Crippen LogP contribution in [0.5, 0.6) is 17.5 Å². The second-order valence-electron chi connectivity index (χ2n) is 4.09. The van der Waals surface area contributed by atoms with Crippen molar-refractivity contribution in [3.8, 4) is 17.5 Å². The van der Waals surface area contributed by atoms with Crippen molar-refractivity contribution >= 4 is 17.4 Å². The quantitative estimate of drug-likeness (QED) is 0.934. The number of halogens is 1. The topological polar surface area (TPSA) is 65.5 Å². The molecule has 0 aliphatic carbocycles. The van der Waals surface area contributed by atoms with Crippen LogP contribution >= 0.6 is 11.6 Å². The van der Waals surface area contributed by atoms with E-state index < -0.39 is 0 Å². The molecule has 7 heteroatoms. The van der Waals surface area contributed by atoms with Crippen molar-refractivity contribution in [3.05, 3.63) is 35.0 Å². The van der Waals surface area contributed by atoms with E-state index in [9.17, 15) is 0 Å². The number of rotatable bonds is 4. The predicted octanol–water partition coefficient (Wildman–Crippen LogP) is 2.48. The van der Waals surface area contributed by atoms with Crippen LogP contribution in [0.4, 0.5) is 5.82 Å². The maximum atomic E-state index is 6.03. The summed E-state index contributed by atoms with van der Waals surface area (Å²) in [4.78, 5) is 8.06. The second-order valence-corrected chi connectivity index (χ2v) is 4.50. The normalized spacial score (nSPS) is 12.3. The van der Waals surface area contributed by atoms with Crippen LogP contribution in [-0.2, 0) is 6.54 Å². The maximum Gasteiger partial charge on any atom is 0.318 e. The molecule has 2 aromatic rings. The molecule has 0 amide bonds. The van der Waals surface area contributed by atoms with Crippen molar-refractivity contribution in [2.24, 2.45) is 0 Å². The number of hydrogen-bond donors (Lipinski definition) is 1. The van der Waals surface area contributed by atoms with Crippen LogP contribution in [-0.4, -0.2) is 23.9 Å². The number of nitrogens with one attached hydrogen (secondary N) is 1. The largest absolute Gasteiger partial charge is 0.467 e. The lowest BCUT2D eigenvalue weighted by atomic mass is 10.2. The van der Waals surface area contributed by atoms with Gasteiger partial charge in [0.1, 0.15) is 5.02 Å². The minimum atomic E-state index is 0.265. The van der Waals surface area contributed by atoms with E-state index in [4.69, 9.17) is 25.8 Å². The zero-order valence-electron chi connectivity index (χ0n) is 10.7. The fraction of sp³-hybridized carbons (Fsp3) is 0.231. The Morgan fingerprint density at radius 3 is 3.05 bits per heavy atom. The van der Waals surface area contributed by atoms with Crippen molar-refractivity contribution in [2.45, 2.75) is 6.54 Å². The van der Waals surface area contributed by atoms with E-state index in [2.05, 4.69) is 15.3 Å². The molecule has 0 spiro atoms. The van der Waals surface area contributed by atoms with Gasteiger partial charge in [-0.1, -0.05) is 17.7 Å². The number of anilines is 1. The molecule has 1 aliphatic rings. The van der Waals surface area contributed by atoms with E-state index in [-0.39, 0.29) is 12.8 Å². The van der Waals surface area contributed by atoms with Crippen molar-refractivity contribution in [1.29, 1.82) is 0 Å². The van der Waals surface area contributed by atoms with Gasteiger partial charge in [-0.05, 0) is 17.7 Å². The molecule has 104 valence electrons. The van der Waals surface area contributed by atoms with Gasteiger partial charge in [-0.3, -0.25) is 0 Å². The van der Waals surface area contributed by atoms with Crippen LogP contribution in [0.25, 0.3) is 0 Å². The van der Waals surface area contributed by atoms with E-state index in [0.29, 0.717) is 17.4 Å². The molecule has 0 saturated carbocycles. The Hall–Kier alpha value is -2.21. The highest BCUT2D eigenvalue weighted by Gasteiger charge is 2.13. The first-order chi connectivity index (χ1) is 9.76. The zero-order chi connectivity index (χ0) is 13.9. The third-order valence-electron chi connectivity index (χ3n) is 2.80. The standard InChI is InChI=1S/C13H12ClN3O3/c1-18-13-16-6-9(14)12(17-13)15-5-8-2-3-10-11(4-8)20-7-19-10/h2-4,6H,5,7H2,1H3,(H,15,16,17). The first-order valence-electron chi connectivity index (χ1n) is 5.95. The molecular weight excluding hydrogens is 282 g/mol. The molecule has 1 aromatic heterocycles. The van der Waals surface area contributed by atoms with Gasteiger partial charge in [-0.2, -0.15) is 4.98 Å². The molecule has 0 unspecified atom stereocenters. The number of aromatic nitrogens is 2.